The predicted molar refractivity (Wildman–Crippen MR) is 187 cm³/mol. The number of unbranched alkanes of at least 4 members (excludes halogenated alkanes) is 25. The number of hydrogen-bond acceptors (Lipinski definition) is 4. The Labute approximate surface area is 265 Å². The number of phosphoric ester groups is 1. The average Bonchev–Trinajstić information content (AvgIpc) is 2.96. The Morgan fingerprint density at radius 1 is 0.429 bits per heavy atom. The Morgan fingerprint density at radius 3 is 0.929 bits per heavy atom. The first kappa shape index (κ1) is 44.2. The van der Waals surface area contributed by atoms with Crippen LogP contribution in [0.15, 0.2) is 0 Å². The first-order valence-electron chi connectivity index (χ1n) is 18.7. The number of hydrogen-bond donors (Lipinski definition) is 1. The molecule has 0 radical (unpaired) electrons. The van der Waals surface area contributed by atoms with Crippen LogP contribution in [0.1, 0.15) is 201 Å². The zero-order chi connectivity index (χ0) is 31.4. The molecule has 0 aromatic heterocycles. The van der Waals surface area contributed by atoms with Gasteiger partial charge >= 0.3 is 7.82 Å². The zero-order valence-electron chi connectivity index (χ0n) is 29.5. The molecule has 0 amide bonds. The summed E-state index contributed by atoms with van der Waals surface area (Å²) in [5.74, 6) is 0. The maximum absolute atomic E-state index is 11.6. The van der Waals surface area contributed by atoms with Gasteiger partial charge in [-0.1, -0.05) is 181 Å². The Kier molecular flexibility index (Phi) is 39.2. The van der Waals surface area contributed by atoms with E-state index in [1.54, 1.807) is 0 Å². The van der Waals surface area contributed by atoms with Gasteiger partial charge in [0, 0.05) is 0 Å². The van der Waals surface area contributed by atoms with Gasteiger partial charge in [0.05, 0.1) is 13.2 Å². The second-order valence-electron chi connectivity index (χ2n) is 12.8. The maximum atomic E-state index is 11.6. The summed E-state index contributed by atoms with van der Waals surface area (Å²) in [5.41, 5.74) is 0. The van der Waals surface area contributed by atoms with Crippen LogP contribution in [0, 0.1) is 0 Å². The Hall–Kier alpha value is 0.0700. The zero-order valence-corrected chi connectivity index (χ0v) is 30.4. The van der Waals surface area contributed by atoms with Crippen molar-refractivity contribution in [2.24, 2.45) is 0 Å². The van der Waals surface area contributed by atoms with Gasteiger partial charge in [0.2, 0.25) is 0 Å². The van der Waals surface area contributed by atoms with Crippen LogP contribution in [0.4, 0.5) is 0 Å². The molecule has 0 aromatic carbocycles. The van der Waals surface area contributed by atoms with Crippen LogP contribution < -0.4 is 0 Å². The van der Waals surface area contributed by atoms with Gasteiger partial charge in [-0.2, -0.15) is 0 Å². The molecular formula is C36H78NO4P. The van der Waals surface area contributed by atoms with Crippen molar-refractivity contribution >= 4 is 7.82 Å². The molecule has 0 atom stereocenters. The lowest BCUT2D eigenvalue weighted by molar-refractivity contribution is 0.145. The fourth-order valence-electron chi connectivity index (χ4n) is 5.14. The molecule has 0 bridgehead atoms. The lowest BCUT2D eigenvalue weighted by Gasteiger charge is -2.12. The van der Waals surface area contributed by atoms with Crippen LogP contribution in [-0.2, 0) is 13.6 Å². The Balaban J connectivity index is 0. The summed E-state index contributed by atoms with van der Waals surface area (Å²) in [6.45, 7) is 8.56. The molecule has 256 valence electrons. The highest BCUT2D eigenvalue weighted by Crippen LogP contribution is 2.43. The third-order valence-corrected chi connectivity index (χ3v) is 8.98. The molecule has 0 aliphatic carbocycles. The van der Waals surface area contributed by atoms with Crippen molar-refractivity contribution in [2.75, 3.05) is 33.9 Å². The van der Waals surface area contributed by atoms with Crippen molar-refractivity contribution in [2.45, 2.75) is 201 Å². The fourth-order valence-corrected chi connectivity index (χ4v) is 5.93. The largest absolute Gasteiger partial charge is 0.472 e. The van der Waals surface area contributed by atoms with Gasteiger partial charge in [-0.25, -0.2) is 4.57 Å². The molecule has 0 heterocycles. The lowest BCUT2D eigenvalue weighted by atomic mass is 10.0. The Bertz CT molecular complexity index is 511. The summed E-state index contributed by atoms with van der Waals surface area (Å²) in [6, 6.07) is 0. The molecule has 0 fully saturated rings. The second kappa shape index (κ2) is 37.3. The summed E-state index contributed by atoms with van der Waals surface area (Å²) in [6.07, 6.45) is 36.9. The van der Waals surface area contributed by atoms with E-state index < -0.39 is 7.82 Å². The summed E-state index contributed by atoms with van der Waals surface area (Å²) in [7, 11) is 0.528. The molecule has 1 N–H and O–H groups in total. The lowest BCUT2D eigenvalue weighted by Crippen LogP contribution is -2.12. The highest BCUT2D eigenvalue weighted by molar-refractivity contribution is 7.47. The average molecular weight is 620 g/mol. The number of nitrogens with zero attached hydrogens (tertiary/aromatic N) is 1. The molecule has 42 heavy (non-hydrogen) atoms. The van der Waals surface area contributed by atoms with Crippen molar-refractivity contribution in [3.05, 3.63) is 0 Å². The summed E-state index contributed by atoms with van der Waals surface area (Å²) >= 11 is 0. The van der Waals surface area contributed by atoms with E-state index in [2.05, 4.69) is 39.8 Å². The predicted octanol–water partition coefficient (Wildman–Crippen LogP) is 12.7. The van der Waals surface area contributed by atoms with E-state index >= 15 is 0 Å². The molecule has 0 aliphatic heterocycles. The molecule has 5 nitrogen and oxygen atoms in total. The van der Waals surface area contributed by atoms with E-state index in [0.717, 1.165) is 25.7 Å². The molecule has 0 saturated heterocycles. The molecule has 0 spiro atoms. The minimum Gasteiger partial charge on any atom is -0.309 e. The first-order chi connectivity index (χ1) is 20.4. The van der Waals surface area contributed by atoms with Crippen LogP contribution in [-0.4, -0.2) is 43.6 Å². The van der Waals surface area contributed by atoms with E-state index in [4.69, 9.17) is 9.05 Å². The summed E-state index contributed by atoms with van der Waals surface area (Å²) in [5, 5.41) is 0. The topological polar surface area (TPSA) is 59.0 Å². The minimum atomic E-state index is -3.82. The molecule has 0 rings (SSSR count). The molecule has 0 aliphatic rings. The van der Waals surface area contributed by atoms with Crippen LogP contribution in [0.25, 0.3) is 0 Å². The van der Waals surface area contributed by atoms with Crippen molar-refractivity contribution < 1.29 is 18.5 Å². The quantitative estimate of drug-likeness (QED) is 0.0585. The normalized spacial score (nSPS) is 11.7. The smallest absolute Gasteiger partial charge is 0.309 e. The van der Waals surface area contributed by atoms with Crippen molar-refractivity contribution in [3.63, 3.8) is 0 Å². The Morgan fingerprint density at radius 2 is 0.667 bits per heavy atom. The van der Waals surface area contributed by atoms with E-state index in [1.165, 1.54) is 161 Å². The standard InChI is InChI=1S/C20H43N.C16H35O4P/c1-4-5-6-7-8-9-10-11-12-13-14-15-16-17-18-19-20-21(2)3;1-3-5-7-9-11-13-15-19-21(17,18)20-16-14-12-10-8-6-4-2/h4-20H2,1-3H3;3-16H2,1-2H3,(H,17,18). The van der Waals surface area contributed by atoms with Gasteiger partial charge in [-0.3, -0.25) is 9.05 Å². The second-order valence-corrected chi connectivity index (χ2v) is 14.2. The molecule has 0 aromatic rings. The first-order valence-corrected chi connectivity index (χ1v) is 20.2. The van der Waals surface area contributed by atoms with Crippen molar-refractivity contribution in [1.29, 1.82) is 0 Å². The van der Waals surface area contributed by atoms with Crippen molar-refractivity contribution in [3.8, 4) is 0 Å². The van der Waals surface area contributed by atoms with E-state index in [0.29, 0.717) is 13.2 Å². The monoisotopic (exact) mass is 620 g/mol. The van der Waals surface area contributed by atoms with Gasteiger partial charge in [-0.15, -0.1) is 0 Å². The van der Waals surface area contributed by atoms with Crippen LogP contribution in [0.3, 0.4) is 0 Å². The van der Waals surface area contributed by atoms with Crippen LogP contribution in [0.5, 0.6) is 0 Å². The highest BCUT2D eigenvalue weighted by atomic mass is 31.2. The SMILES string of the molecule is CCCCCCCCCCCCCCCCCCN(C)C.CCCCCCCCOP(=O)(O)OCCCCCCCC. The van der Waals surface area contributed by atoms with Gasteiger partial charge in [-0.05, 0) is 39.9 Å². The van der Waals surface area contributed by atoms with Crippen LogP contribution in [0.2, 0.25) is 0 Å². The number of phosphoric acid groups is 1. The van der Waals surface area contributed by atoms with Gasteiger partial charge in [0.25, 0.3) is 0 Å². The van der Waals surface area contributed by atoms with Crippen LogP contribution >= 0.6 is 7.82 Å². The van der Waals surface area contributed by atoms with Gasteiger partial charge < -0.3 is 9.79 Å². The minimum absolute atomic E-state index is 0.316. The molecule has 6 heteroatoms. The third-order valence-electron chi connectivity index (χ3n) is 7.96. The van der Waals surface area contributed by atoms with Gasteiger partial charge in [0.15, 0.2) is 0 Å². The number of rotatable bonds is 33. The van der Waals surface area contributed by atoms with Gasteiger partial charge in [0.1, 0.15) is 0 Å². The van der Waals surface area contributed by atoms with E-state index in [9.17, 15) is 9.46 Å². The fraction of sp³-hybridized carbons (Fsp3) is 1.00. The highest BCUT2D eigenvalue weighted by Gasteiger charge is 2.19. The third kappa shape index (κ3) is 42.2. The molecule has 0 unspecified atom stereocenters. The van der Waals surface area contributed by atoms with E-state index in [-0.39, 0.29) is 0 Å². The molecule has 0 saturated carbocycles. The summed E-state index contributed by atoms with van der Waals surface area (Å²) in [4.78, 5) is 11.8. The van der Waals surface area contributed by atoms with Crippen molar-refractivity contribution in [1.82, 2.24) is 4.90 Å². The molecular weight excluding hydrogens is 541 g/mol. The summed E-state index contributed by atoms with van der Waals surface area (Å²) < 4.78 is 21.5. The van der Waals surface area contributed by atoms with E-state index in [1.807, 2.05) is 0 Å². The maximum Gasteiger partial charge on any atom is 0.472 e.